The number of nitrogens with zero attached hydrogens (tertiary/aromatic N) is 2. The third-order valence-corrected chi connectivity index (χ3v) is 5.47. The fourth-order valence-corrected chi connectivity index (χ4v) is 3.85. The maximum Gasteiger partial charge on any atom is 0.131 e. The first-order valence-corrected chi connectivity index (χ1v) is 10.3. The number of ether oxygens (including phenoxy) is 2. The average molecular weight is 419 g/mol. The molecule has 1 saturated heterocycles. The second kappa shape index (κ2) is 11.3. The SMILES string of the molecule is COc1ccc(CN2CCN(Cc3ccc(OCCO)cc3)C[C@@H]2CCO)c(F)c1. The molecule has 30 heavy (non-hydrogen) atoms. The minimum Gasteiger partial charge on any atom is -0.497 e. The lowest BCUT2D eigenvalue weighted by molar-refractivity contribution is 0.0493. The molecule has 0 radical (unpaired) electrons. The molecule has 0 unspecified atom stereocenters. The van der Waals surface area contributed by atoms with Crippen LogP contribution in [0.5, 0.6) is 11.5 Å². The summed E-state index contributed by atoms with van der Waals surface area (Å²) in [5.41, 5.74) is 1.83. The zero-order valence-electron chi connectivity index (χ0n) is 17.5. The van der Waals surface area contributed by atoms with Gasteiger partial charge in [0.1, 0.15) is 23.9 Å². The van der Waals surface area contributed by atoms with Gasteiger partial charge in [-0.2, -0.15) is 0 Å². The Morgan fingerprint density at radius 1 is 1.00 bits per heavy atom. The van der Waals surface area contributed by atoms with Gasteiger partial charge in [0.2, 0.25) is 0 Å². The second-order valence-electron chi connectivity index (χ2n) is 7.55. The number of rotatable bonds is 10. The number of hydrogen-bond donors (Lipinski definition) is 2. The van der Waals surface area contributed by atoms with E-state index in [0.29, 0.717) is 30.9 Å². The van der Waals surface area contributed by atoms with E-state index in [1.165, 1.54) is 18.7 Å². The number of methoxy groups -OCH3 is 1. The molecule has 164 valence electrons. The van der Waals surface area contributed by atoms with Gasteiger partial charge in [0.25, 0.3) is 0 Å². The van der Waals surface area contributed by atoms with Crippen molar-refractivity contribution in [3.05, 3.63) is 59.4 Å². The summed E-state index contributed by atoms with van der Waals surface area (Å²) in [6, 6.07) is 13.0. The van der Waals surface area contributed by atoms with Crippen molar-refractivity contribution in [2.75, 3.05) is 46.6 Å². The van der Waals surface area contributed by atoms with E-state index in [2.05, 4.69) is 9.80 Å². The summed E-state index contributed by atoms with van der Waals surface area (Å²) in [7, 11) is 1.53. The zero-order chi connectivity index (χ0) is 21.3. The van der Waals surface area contributed by atoms with Gasteiger partial charge < -0.3 is 19.7 Å². The highest BCUT2D eigenvalue weighted by Gasteiger charge is 2.27. The summed E-state index contributed by atoms with van der Waals surface area (Å²) in [5.74, 6) is 1.00. The van der Waals surface area contributed by atoms with E-state index < -0.39 is 0 Å². The van der Waals surface area contributed by atoms with Crippen LogP contribution < -0.4 is 9.47 Å². The van der Waals surface area contributed by atoms with E-state index in [0.717, 1.165) is 31.9 Å². The molecule has 6 nitrogen and oxygen atoms in total. The monoisotopic (exact) mass is 418 g/mol. The Balaban J connectivity index is 1.59. The van der Waals surface area contributed by atoms with Crippen LogP contribution in [0.2, 0.25) is 0 Å². The van der Waals surface area contributed by atoms with Gasteiger partial charge in [0.05, 0.1) is 13.7 Å². The molecule has 3 rings (SSSR count). The first-order chi connectivity index (χ1) is 14.6. The van der Waals surface area contributed by atoms with Crippen LogP contribution in [-0.4, -0.2) is 72.6 Å². The maximum absolute atomic E-state index is 14.4. The van der Waals surface area contributed by atoms with Crippen molar-refractivity contribution in [3.63, 3.8) is 0 Å². The fraction of sp³-hybridized carbons (Fsp3) is 0.478. The summed E-state index contributed by atoms with van der Waals surface area (Å²) in [4.78, 5) is 4.62. The second-order valence-corrected chi connectivity index (χ2v) is 7.55. The Morgan fingerprint density at radius 3 is 2.43 bits per heavy atom. The van der Waals surface area contributed by atoms with Crippen molar-refractivity contribution in [1.82, 2.24) is 9.80 Å². The van der Waals surface area contributed by atoms with Crippen molar-refractivity contribution in [3.8, 4) is 11.5 Å². The van der Waals surface area contributed by atoms with Crippen LogP contribution in [0.1, 0.15) is 17.5 Å². The molecule has 2 N–H and O–H groups in total. The molecule has 0 aliphatic carbocycles. The Bertz CT molecular complexity index is 787. The van der Waals surface area contributed by atoms with Crippen molar-refractivity contribution < 1.29 is 24.1 Å². The molecule has 0 amide bonds. The zero-order valence-corrected chi connectivity index (χ0v) is 17.5. The van der Waals surface area contributed by atoms with Crippen molar-refractivity contribution in [1.29, 1.82) is 0 Å². The van der Waals surface area contributed by atoms with E-state index >= 15 is 0 Å². The average Bonchev–Trinajstić information content (AvgIpc) is 2.76. The van der Waals surface area contributed by atoms with E-state index in [9.17, 15) is 9.50 Å². The molecule has 0 aromatic heterocycles. The lowest BCUT2D eigenvalue weighted by Crippen LogP contribution is -2.52. The van der Waals surface area contributed by atoms with Crippen LogP contribution in [0, 0.1) is 5.82 Å². The molecule has 1 fully saturated rings. The predicted molar refractivity (Wildman–Crippen MR) is 113 cm³/mol. The summed E-state index contributed by atoms with van der Waals surface area (Å²) >= 11 is 0. The van der Waals surface area contributed by atoms with Gasteiger partial charge >= 0.3 is 0 Å². The van der Waals surface area contributed by atoms with E-state index in [1.807, 2.05) is 24.3 Å². The van der Waals surface area contributed by atoms with E-state index in [1.54, 1.807) is 12.1 Å². The van der Waals surface area contributed by atoms with Crippen molar-refractivity contribution >= 4 is 0 Å². The molecule has 1 aliphatic rings. The quantitative estimate of drug-likeness (QED) is 0.617. The number of hydrogen-bond acceptors (Lipinski definition) is 6. The Labute approximate surface area is 177 Å². The van der Waals surface area contributed by atoms with Crippen molar-refractivity contribution in [2.24, 2.45) is 0 Å². The molecule has 2 aromatic rings. The highest BCUT2D eigenvalue weighted by atomic mass is 19.1. The van der Waals surface area contributed by atoms with Gasteiger partial charge in [-0.15, -0.1) is 0 Å². The van der Waals surface area contributed by atoms with Crippen LogP contribution in [0.3, 0.4) is 0 Å². The van der Waals surface area contributed by atoms with Gasteiger partial charge in [-0.25, -0.2) is 4.39 Å². The summed E-state index contributed by atoms with van der Waals surface area (Å²) in [5, 5.41) is 18.4. The first-order valence-electron chi connectivity index (χ1n) is 10.3. The first kappa shape index (κ1) is 22.5. The molecule has 1 atom stereocenters. The smallest absolute Gasteiger partial charge is 0.131 e. The van der Waals surface area contributed by atoms with E-state index in [-0.39, 0.29) is 25.1 Å². The van der Waals surface area contributed by atoms with Gasteiger partial charge in [-0.05, 0) is 30.2 Å². The van der Waals surface area contributed by atoms with E-state index in [4.69, 9.17) is 14.6 Å². The molecule has 0 bridgehead atoms. The number of aliphatic hydroxyl groups is 2. The fourth-order valence-electron chi connectivity index (χ4n) is 3.85. The van der Waals surface area contributed by atoms with Crippen LogP contribution in [0.15, 0.2) is 42.5 Å². The number of aliphatic hydroxyl groups excluding tert-OH is 2. The van der Waals surface area contributed by atoms with Crippen LogP contribution in [-0.2, 0) is 13.1 Å². The number of piperazine rings is 1. The lowest BCUT2D eigenvalue weighted by Gasteiger charge is -2.41. The van der Waals surface area contributed by atoms with Crippen LogP contribution in [0.25, 0.3) is 0 Å². The molecular weight excluding hydrogens is 387 g/mol. The number of halogens is 1. The van der Waals surface area contributed by atoms with Crippen LogP contribution in [0.4, 0.5) is 4.39 Å². The van der Waals surface area contributed by atoms with Crippen LogP contribution >= 0.6 is 0 Å². The Morgan fingerprint density at radius 2 is 1.77 bits per heavy atom. The van der Waals surface area contributed by atoms with Gasteiger partial charge in [-0.1, -0.05) is 18.2 Å². The highest BCUT2D eigenvalue weighted by molar-refractivity contribution is 5.29. The van der Waals surface area contributed by atoms with Crippen molar-refractivity contribution in [2.45, 2.75) is 25.6 Å². The predicted octanol–water partition coefficient (Wildman–Crippen LogP) is 2.27. The molecule has 2 aromatic carbocycles. The molecule has 0 spiro atoms. The highest BCUT2D eigenvalue weighted by Crippen LogP contribution is 2.22. The van der Waals surface area contributed by atoms with Gasteiger partial charge in [-0.3, -0.25) is 9.80 Å². The molecular formula is C23H31FN2O4. The third kappa shape index (κ3) is 6.15. The minimum atomic E-state index is -0.261. The molecule has 1 heterocycles. The summed E-state index contributed by atoms with van der Waals surface area (Å²) < 4.78 is 24.9. The molecule has 7 heteroatoms. The lowest BCUT2D eigenvalue weighted by atomic mass is 10.1. The number of benzene rings is 2. The molecule has 0 saturated carbocycles. The third-order valence-electron chi connectivity index (χ3n) is 5.47. The summed E-state index contributed by atoms with van der Waals surface area (Å²) in [6.07, 6.45) is 0.655. The topological polar surface area (TPSA) is 65.4 Å². The Kier molecular flexibility index (Phi) is 8.45. The maximum atomic E-state index is 14.4. The molecule has 1 aliphatic heterocycles. The van der Waals surface area contributed by atoms with Gasteiger partial charge in [0.15, 0.2) is 0 Å². The van der Waals surface area contributed by atoms with Gasteiger partial charge in [0, 0.05) is 57.0 Å². The summed E-state index contributed by atoms with van der Waals surface area (Å²) in [6.45, 7) is 4.24. The normalized spacial score (nSPS) is 17.8. The minimum absolute atomic E-state index is 0.00129. The Hall–Kier alpha value is -2.19. The largest absolute Gasteiger partial charge is 0.497 e. The standard InChI is InChI=1S/C23H31FN2O4/c1-29-22-7-4-19(23(24)14-22)16-26-10-9-25(17-20(26)8-11-27)15-18-2-5-21(6-3-18)30-13-12-28/h2-7,14,20,27-28H,8-13,15-17H2,1H3/t20-/m0/s1.